The molecule has 0 aromatic carbocycles. The molecular weight excluding hydrogens is 168 g/mol. The summed E-state index contributed by atoms with van der Waals surface area (Å²) in [4.78, 5) is 0. The van der Waals surface area contributed by atoms with Crippen LogP contribution in [0.4, 0.5) is 0 Å². The minimum atomic E-state index is -2.92. The van der Waals surface area contributed by atoms with Gasteiger partial charge in [-0.2, -0.15) is 0 Å². The second-order valence-corrected chi connectivity index (χ2v) is 4.58. The van der Waals surface area contributed by atoms with E-state index in [1.165, 1.54) is 0 Å². The van der Waals surface area contributed by atoms with Crippen LogP contribution in [0.25, 0.3) is 0 Å². The number of rotatable bonds is 4. The maximum absolute atomic E-state index is 10.6. The predicted molar refractivity (Wildman–Crippen MR) is 42.4 cm³/mol. The molecule has 6 heteroatoms. The first-order chi connectivity index (χ1) is 4.95. The normalized spacial score (nSPS) is 13.4. The predicted octanol–water partition coefficient (Wildman–Crippen LogP) is -0.442. The topological polar surface area (TPSA) is 92.8 Å². The number of nitrogens with two attached hydrogens (primary N) is 1. The summed E-state index contributed by atoms with van der Waals surface area (Å²) in [7, 11) is -2.92. The van der Waals surface area contributed by atoms with Gasteiger partial charge in [-0.1, -0.05) is 5.16 Å². The number of sulfone groups is 1. The van der Waals surface area contributed by atoms with Crippen molar-refractivity contribution in [1.29, 1.82) is 0 Å². The average molecular weight is 180 g/mol. The summed E-state index contributed by atoms with van der Waals surface area (Å²) in [6.07, 6.45) is 1.86. The van der Waals surface area contributed by atoms with E-state index in [0.29, 0.717) is 12.8 Å². The highest BCUT2D eigenvalue weighted by molar-refractivity contribution is 7.90. The quantitative estimate of drug-likeness (QED) is 0.265. The van der Waals surface area contributed by atoms with Gasteiger partial charge in [0.05, 0.1) is 5.75 Å². The summed E-state index contributed by atoms with van der Waals surface area (Å²) in [5, 5.41) is 10.8. The van der Waals surface area contributed by atoms with E-state index >= 15 is 0 Å². The minimum absolute atomic E-state index is 0.0636. The van der Waals surface area contributed by atoms with Gasteiger partial charge in [-0.15, -0.1) is 0 Å². The van der Waals surface area contributed by atoms with Gasteiger partial charge in [-0.3, -0.25) is 0 Å². The summed E-state index contributed by atoms with van der Waals surface area (Å²) >= 11 is 0. The third-order valence-electron chi connectivity index (χ3n) is 1.08. The third-order valence-corrected chi connectivity index (χ3v) is 2.11. The molecule has 0 spiro atoms. The van der Waals surface area contributed by atoms with Gasteiger partial charge in [0, 0.05) is 12.7 Å². The van der Waals surface area contributed by atoms with Crippen molar-refractivity contribution in [3.05, 3.63) is 0 Å². The van der Waals surface area contributed by atoms with Crippen LogP contribution in [0.5, 0.6) is 0 Å². The van der Waals surface area contributed by atoms with Crippen LogP contribution in [-0.4, -0.2) is 31.5 Å². The highest BCUT2D eigenvalue weighted by Gasteiger charge is 2.02. The summed E-state index contributed by atoms with van der Waals surface area (Å²) in [5.41, 5.74) is 5.11. The molecule has 0 unspecified atom stereocenters. The molecule has 0 heterocycles. The molecule has 0 fully saturated rings. The van der Waals surface area contributed by atoms with Crippen molar-refractivity contribution in [2.75, 3.05) is 12.0 Å². The molecule has 0 amide bonds. The molecule has 0 bridgehead atoms. The van der Waals surface area contributed by atoms with Crippen LogP contribution in [0, 0.1) is 0 Å². The highest BCUT2D eigenvalue weighted by atomic mass is 32.2. The van der Waals surface area contributed by atoms with E-state index in [2.05, 4.69) is 5.16 Å². The molecule has 11 heavy (non-hydrogen) atoms. The molecule has 0 aromatic heterocycles. The van der Waals surface area contributed by atoms with Crippen molar-refractivity contribution in [3.8, 4) is 0 Å². The van der Waals surface area contributed by atoms with E-state index in [4.69, 9.17) is 10.9 Å². The number of amidine groups is 1. The van der Waals surface area contributed by atoms with Crippen molar-refractivity contribution < 1.29 is 13.6 Å². The van der Waals surface area contributed by atoms with Crippen LogP contribution in [0.1, 0.15) is 12.8 Å². The first-order valence-corrected chi connectivity index (χ1v) is 5.16. The maximum Gasteiger partial charge on any atom is 0.147 e. The van der Waals surface area contributed by atoms with Crippen molar-refractivity contribution in [3.63, 3.8) is 0 Å². The van der Waals surface area contributed by atoms with Crippen LogP contribution in [0.3, 0.4) is 0 Å². The molecule has 0 saturated carbocycles. The van der Waals surface area contributed by atoms with Crippen LogP contribution in [0.2, 0.25) is 0 Å². The lowest BCUT2D eigenvalue weighted by molar-refractivity contribution is 0.317. The van der Waals surface area contributed by atoms with Gasteiger partial charge < -0.3 is 10.9 Å². The fourth-order valence-corrected chi connectivity index (χ4v) is 1.23. The van der Waals surface area contributed by atoms with Gasteiger partial charge in [0.2, 0.25) is 0 Å². The lowest BCUT2D eigenvalue weighted by Crippen LogP contribution is -2.13. The molecule has 0 atom stereocenters. The second-order valence-electron chi connectivity index (χ2n) is 2.32. The maximum atomic E-state index is 10.6. The number of hydrogen-bond donors (Lipinski definition) is 2. The zero-order valence-electron chi connectivity index (χ0n) is 6.32. The van der Waals surface area contributed by atoms with Gasteiger partial charge in [-0.05, 0) is 6.42 Å². The monoisotopic (exact) mass is 180 g/mol. The van der Waals surface area contributed by atoms with E-state index in [0.717, 1.165) is 6.26 Å². The summed E-state index contributed by atoms with van der Waals surface area (Å²) in [5.74, 6) is 0.136. The van der Waals surface area contributed by atoms with Crippen LogP contribution >= 0.6 is 0 Å². The largest absolute Gasteiger partial charge is 0.409 e. The summed E-state index contributed by atoms with van der Waals surface area (Å²) in [6, 6.07) is 0. The fraction of sp³-hybridized carbons (Fsp3) is 0.800. The molecule has 3 N–H and O–H groups in total. The van der Waals surface area contributed by atoms with Crippen molar-refractivity contribution in [2.24, 2.45) is 10.9 Å². The van der Waals surface area contributed by atoms with E-state index in [1.807, 2.05) is 0 Å². The lowest BCUT2D eigenvalue weighted by Gasteiger charge is -1.96. The van der Waals surface area contributed by atoms with Gasteiger partial charge in [0.25, 0.3) is 0 Å². The van der Waals surface area contributed by atoms with Gasteiger partial charge in [0.15, 0.2) is 0 Å². The third kappa shape index (κ3) is 7.11. The Kier molecular flexibility index (Phi) is 3.88. The minimum Gasteiger partial charge on any atom is -0.409 e. The number of nitrogens with zero attached hydrogens (tertiary/aromatic N) is 1. The molecule has 0 radical (unpaired) electrons. The first kappa shape index (κ1) is 10.2. The zero-order chi connectivity index (χ0) is 8.91. The fourth-order valence-electron chi connectivity index (χ4n) is 0.565. The smallest absolute Gasteiger partial charge is 0.147 e. The van der Waals surface area contributed by atoms with Gasteiger partial charge in [0.1, 0.15) is 15.7 Å². The molecule has 66 valence electrons. The van der Waals surface area contributed by atoms with Gasteiger partial charge in [-0.25, -0.2) is 8.42 Å². The Morgan fingerprint density at radius 1 is 1.64 bits per heavy atom. The molecule has 0 aromatic rings. The summed E-state index contributed by atoms with van der Waals surface area (Å²) in [6.45, 7) is 0. The van der Waals surface area contributed by atoms with Crippen molar-refractivity contribution in [2.45, 2.75) is 12.8 Å². The Morgan fingerprint density at radius 3 is 2.55 bits per heavy atom. The van der Waals surface area contributed by atoms with E-state index in [-0.39, 0.29) is 11.6 Å². The SMILES string of the molecule is CS(=O)(=O)CCCC(N)=NO. The van der Waals surface area contributed by atoms with Gasteiger partial charge >= 0.3 is 0 Å². The summed E-state index contributed by atoms with van der Waals surface area (Å²) < 4.78 is 21.1. The molecular formula is C5H12N2O3S. The van der Waals surface area contributed by atoms with E-state index < -0.39 is 9.84 Å². The number of hydrogen-bond acceptors (Lipinski definition) is 4. The van der Waals surface area contributed by atoms with Crippen LogP contribution in [0.15, 0.2) is 5.16 Å². The van der Waals surface area contributed by atoms with E-state index in [9.17, 15) is 8.42 Å². The first-order valence-electron chi connectivity index (χ1n) is 3.10. The molecule has 0 aliphatic carbocycles. The van der Waals surface area contributed by atoms with Crippen LogP contribution < -0.4 is 5.73 Å². The average Bonchev–Trinajstić information content (AvgIpc) is 1.85. The zero-order valence-corrected chi connectivity index (χ0v) is 7.13. The standard InChI is InChI=1S/C5H12N2O3S/c1-11(9,10)4-2-3-5(6)7-8/h8H,2-4H2,1H3,(H2,6,7). The Morgan fingerprint density at radius 2 is 2.18 bits per heavy atom. The molecule has 0 saturated heterocycles. The van der Waals surface area contributed by atoms with Crippen molar-refractivity contribution >= 4 is 15.7 Å². The molecule has 0 aliphatic rings. The number of oxime groups is 1. The van der Waals surface area contributed by atoms with Crippen LogP contribution in [-0.2, 0) is 9.84 Å². The Bertz CT molecular complexity index is 232. The highest BCUT2D eigenvalue weighted by Crippen LogP contribution is 1.93. The molecule has 0 rings (SSSR count). The molecule has 0 aliphatic heterocycles. The lowest BCUT2D eigenvalue weighted by atomic mass is 10.3. The Labute approximate surface area is 65.8 Å². The Hall–Kier alpha value is -0.780. The Balaban J connectivity index is 3.60. The second kappa shape index (κ2) is 4.17. The van der Waals surface area contributed by atoms with Crippen molar-refractivity contribution in [1.82, 2.24) is 0 Å². The van der Waals surface area contributed by atoms with E-state index in [1.54, 1.807) is 0 Å². The molecule has 5 nitrogen and oxygen atoms in total.